The van der Waals surface area contributed by atoms with Gasteiger partial charge in [0.05, 0.1) is 11.5 Å². The van der Waals surface area contributed by atoms with Gasteiger partial charge in [0.1, 0.15) is 11.9 Å². The molecule has 1 aromatic heterocycles. The first-order valence-electron chi connectivity index (χ1n) is 4.97. The zero-order valence-electron chi connectivity index (χ0n) is 8.84. The molecule has 0 bridgehead atoms. The summed E-state index contributed by atoms with van der Waals surface area (Å²) in [5.74, 6) is -0.531. The lowest BCUT2D eigenvalue weighted by Crippen LogP contribution is -2.51. The van der Waals surface area contributed by atoms with E-state index in [9.17, 15) is 4.79 Å². The van der Waals surface area contributed by atoms with Crippen LogP contribution in [0, 0.1) is 24.2 Å². The van der Waals surface area contributed by atoms with Crippen molar-refractivity contribution in [2.45, 2.75) is 6.92 Å². The largest absolute Gasteiger partial charge is 0.481 e. The van der Waals surface area contributed by atoms with E-state index < -0.39 is 5.97 Å². The third kappa shape index (κ3) is 1.58. The minimum atomic E-state index is -0.789. The molecule has 1 aliphatic heterocycles. The summed E-state index contributed by atoms with van der Waals surface area (Å²) in [4.78, 5) is 16.6. The molecule has 1 N–H and O–H groups in total. The Hall–Kier alpha value is -2.09. The van der Waals surface area contributed by atoms with Crippen LogP contribution in [-0.4, -0.2) is 29.1 Å². The van der Waals surface area contributed by atoms with Gasteiger partial charge in [-0.25, -0.2) is 4.98 Å². The minimum Gasteiger partial charge on any atom is -0.481 e. The van der Waals surface area contributed by atoms with Gasteiger partial charge in [0, 0.05) is 19.3 Å². The Bertz CT molecular complexity index is 473. The number of aromatic nitrogens is 1. The van der Waals surface area contributed by atoms with Crippen LogP contribution in [0.2, 0.25) is 0 Å². The number of anilines is 1. The molecule has 82 valence electrons. The van der Waals surface area contributed by atoms with E-state index >= 15 is 0 Å². The predicted octanol–water partition coefficient (Wildman–Crippen LogP) is 0.782. The normalized spacial score (nSPS) is 15.4. The zero-order chi connectivity index (χ0) is 11.7. The number of pyridine rings is 1. The van der Waals surface area contributed by atoms with Gasteiger partial charge in [-0.2, -0.15) is 5.26 Å². The van der Waals surface area contributed by atoms with E-state index in [-0.39, 0.29) is 5.92 Å². The van der Waals surface area contributed by atoms with E-state index in [1.165, 1.54) is 0 Å². The fraction of sp³-hybridized carbons (Fsp3) is 0.364. The molecule has 0 aromatic carbocycles. The molecular weight excluding hydrogens is 206 g/mol. The average molecular weight is 217 g/mol. The number of nitrogens with zero attached hydrogens (tertiary/aromatic N) is 3. The number of aryl methyl sites for hydroxylation is 1. The van der Waals surface area contributed by atoms with Gasteiger partial charge >= 0.3 is 5.97 Å². The van der Waals surface area contributed by atoms with E-state index in [2.05, 4.69) is 11.1 Å². The van der Waals surface area contributed by atoms with Crippen LogP contribution in [-0.2, 0) is 4.79 Å². The molecule has 0 unspecified atom stereocenters. The summed E-state index contributed by atoms with van der Waals surface area (Å²) in [6.45, 7) is 2.71. The fourth-order valence-electron chi connectivity index (χ4n) is 1.73. The van der Waals surface area contributed by atoms with Crippen molar-refractivity contribution in [2.24, 2.45) is 5.92 Å². The summed E-state index contributed by atoms with van der Waals surface area (Å²) in [5, 5.41) is 17.8. The molecule has 1 aromatic rings. The first-order valence-corrected chi connectivity index (χ1v) is 4.97. The summed E-state index contributed by atoms with van der Waals surface area (Å²) in [5.41, 5.74) is 1.40. The second-order valence-corrected chi connectivity index (χ2v) is 3.88. The summed E-state index contributed by atoms with van der Waals surface area (Å²) < 4.78 is 0. The standard InChI is InChI=1S/C11H11N3O2/c1-7-2-3-13-10(9(7)4-12)14-5-8(6-14)11(15)16/h2-3,8H,5-6H2,1H3,(H,15,16). The first kappa shape index (κ1) is 10.4. The van der Waals surface area contributed by atoms with Crippen LogP contribution in [0.25, 0.3) is 0 Å². The number of nitriles is 1. The maximum atomic E-state index is 10.7. The van der Waals surface area contributed by atoms with Gasteiger partial charge in [0.25, 0.3) is 0 Å². The Morgan fingerprint density at radius 1 is 1.69 bits per heavy atom. The van der Waals surface area contributed by atoms with Crippen molar-refractivity contribution in [3.05, 3.63) is 23.4 Å². The minimum absolute atomic E-state index is 0.339. The second-order valence-electron chi connectivity index (χ2n) is 3.88. The van der Waals surface area contributed by atoms with E-state index in [4.69, 9.17) is 10.4 Å². The zero-order valence-corrected chi connectivity index (χ0v) is 8.84. The Kier molecular flexibility index (Phi) is 2.49. The quantitative estimate of drug-likeness (QED) is 0.792. The molecule has 16 heavy (non-hydrogen) atoms. The molecule has 1 fully saturated rings. The monoisotopic (exact) mass is 217 g/mol. The van der Waals surface area contributed by atoms with E-state index in [0.717, 1.165) is 5.56 Å². The van der Waals surface area contributed by atoms with Gasteiger partial charge in [0.2, 0.25) is 0 Å². The van der Waals surface area contributed by atoms with Gasteiger partial charge in [-0.1, -0.05) is 0 Å². The predicted molar refractivity (Wildman–Crippen MR) is 57.0 cm³/mol. The van der Waals surface area contributed by atoms with Crippen molar-refractivity contribution < 1.29 is 9.90 Å². The number of aliphatic carboxylic acids is 1. The third-order valence-electron chi connectivity index (χ3n) is 2.78. The number of carbonyl (C=O) groups is 1. The molecule has 5 nitrogen and oxygen atoms in total. The Labute approximate surface area is 92.9 Å². The molecule has 2 rings (SSSR count). The fourth-order valence-corrected chi connectivity index (χ4v) is 1.73. The highest BCUT2D eigenvalue weighted by atomic mass is 16.4. The van der Waals surface area contributed by atoms with Crippen LogP contribution in [0.15, 0.2) is 12.3 Å². The van der Waals surface area contributed by atoms with Gasteiger partial charge in [-0.15, -0.1) is 0 Å². The van der Waals surface area contributed by atoms with Crippen LogP contribution >= 0.6 is 0 Å². The average Bonchev–Trinajstić information content (AvgIpc) is 2.15. The van der Waals surface area contributed by atoms with Crippen molar-refractivity contribution in [1.29, 1.82) is 5.26 Å². The molecule has 0 amide bonds. The summed E-state index contributed by atoms with van der Waals surface area (Å²) in [7, 11) is 0. The van der Waals surface area contributed by atoms with Gasteiger partial charge in [0.15, 0.2) is 0 Å². The van der Waals surface area contributed by atoms with Crippen molar-refractivity contribution in [3.63, 3.8) is 0 Å². The van der Waals surface area contributed by atoms with E-state index in [1.807, 2.05) is 11.8 Å². The number of hydrogen-bond acceptors (Lipinski definition) is 4. The summed E-state index contributed by atoms with van der Waals surface area (Å²) in [6, 6.07) is 3.88. The van der Waals surface area contributed by atoms with Crippen LogP contribution < -0.4 is 4.90 Å². The molecule has 0 radical (unpaired) electrons. The van der Waals surface area contributed by atoms with Gasteiger partial charge in [-0.3, -0.25) is 4.79 Å². The Balaban J connectivity index is 2.21. The second kappa shape index (κ2) is 3.81. The van der Waals surface area contributed by atoms with E-state index in [0.29, 0.717) is 24.5 Å². The highest BCUT2D eigenvalue weighted by Crippen LogP contribution is 2.27. The summed E-state index contributed by atoms with van der Waals surface area (Å²) >= 11 is 0. The van der Waals surface area contributed by atoms with Crippen LogP contribution in [0.5, 0.6) is 0 Å². The first-order chi connectivity index (χ1) is 7.63. The lowest BCUT2D eigenvalue weighted by atomic mass is 9.99. The topological polar surface area (TPSA) is 77.2 Å². The van der Waals surface area contributed by atoms with Gasteiger partial charge < -0.3 is 10.0 Å². The maximum Gasteiger partial charge on any atom is 0.310 e. The third-order valence-corrected chi connectivity index (χ3v) is 2.78. The Morgan fingerprint density at radius 2 is 2.38 bits per heavy atom. The number of hydrogen-bond donors (Lipinski definition) is 1. The van der Waals surface area contributed by atoms with Crippen molar-refractivity contribution in [3.8, 4) is 6.07 Å². The molecule has 0 atom stereocenters. The Morgan fingerprint density at radius 3 is 2.94 bits per heavy atom. The molecular formula is C11H11N3O2. The molecule has 5 heteroatoms. The van der Waals surface area contributed by atoms with Crippen LogP contribution in [0.3, 0.4) is 0 Å². The SMILES string of the molecule is Cc1ccnc(N2CC(C(=O)O)C2)c1C#N. The molecule has 1 aliphatic rings. The van der Waals surface area contributed by atoms with E-state index in [1.54, 1.807) is 12.3 Å². The molecule has 1 saturated heterocycles. The lowest BCUT2D eigenvalue weighted by Gasteiger charge is -2.38. The van der Waals surface area contributed by atoms with Crippen LogP contribution in [0.4, 0.5) is 5.82 Å². The molecule has 0 aliphatic carbocycles. The van der Waals surface area contributed by atoms with Crippen molar-refractivity contribution in [2.75, 3.05) is 18.0 Å². The lowest BCUT2D eigenvalue weighted by molar-refractivity contribution is -0.142. The highest BCUT2D eigenvalue weighted by molar-refractivity contribution is 5.75. The van der Waals surface area contributed by atoms with Gasteiger partial charge in [-0.05, 0) is 18.6 Å². The molecule has 0 saturated carbocycles. The van der Waals surface area contributed by atoms with Crippen LogP contribution in [0.1, 0.15) is 11.1 Å². The van der Waals surface area contributed by atoms with Crippen molar-refractivity contribution in [1.82, 2.24) is 4.98 Å². The molecule has 0 spiro atoms. The van der Waals surface area contributed by atoms with Crippen molar-refractivity contribution >= 4 is 11.8 Å². The maximum absolute atomic E-state index is 10.7. The number of carboxylic acid groups (broad SMARTS) is 1. The summed E-state index contributed by atoms with van der Waals surface area (Å²) in [6.07, 6.45) is 1.64. The number of rotatable bonds is 2. The number of carboxylic acids is 1. The molecule has 2 heterocycles. The smallest absolute Gasteiger partial charge is 0.310 e. The highest BCUT2D eigenvalue weighted by Gasteiger charge is 2.34.